The largest absolute Gasteiger partial charge is 0.328 e. The van der Waals surface area contributed by atoms with E-state index in [9.17, 15) is 17.6 Å². The van der Waals surface area contributed by atoms with Crippen LogP contribution in [-0.2, 0) is 10.0 Å². The monoisotopic (exact) mass is 282 g/mol. The number of nitrogens with one attached hydrogen (secondary N) is 2. The summed E-state index contributed by atoms with van der Waals surface area (Å²) in [6, 6.07) is 6.34. The van der Waals surface area contributed by atoms with Crippen molar-refractivity contribution >= 4 is 15.7 Å². The molecule has 0 atom stereocenters. The molecule has 100 valence electrons. The Kier molecular flexibility index (Phi) is 3.39. The Labute approximate surface area is 109 Å². The van der Waals surface area contributed by atoms with Crippen molar-refractivity contribution in [3.63, 3.8) is 0 Å². The molecule has 7 heteroatoms. The van der Waals surface area contributed by atoms with Gasteiger partial charge in [0.15, 0.2) is 0 Å². The average Bonchev–Trinajstić information content (AvgIpc) is 2.34. The van der Waals surface area contributed by atoms with E-state index >= 15 is 0 Å². The summed E-state index contributed by atoms with van der Waals surface area (Å²) in [7, 11) is -3.93. The maximum absolute atomic E-state index is 13.5. The third-order valence-corrected chi connectivity index (χ3v) is 3.80. The molecule has 0 saturated carbocycles. The molecule has 0 amide bonds. The smallest absolute Gasteiger partial charge is 0.263 e. The van der Waals surface area contributed by atoms with Crippen molar-refractivity contribution in [2.75, 3.05) is 4.72 Å². The molecule has 0 unspecified atom stereocenters. The molecule has 0 aliphatic carbocycles. The first-order valence-electron chi connectivity index (χ1n) is 5.36. The van der Waals surface area contributed by atoms with Crippen molar-refractivity contribution in [3.05, 3.63) is 58.3 Å². The molecular weight excluding hydrogens is 271 g/mol. The molecule has 2 rings (SSSR count). The van der Waals surface area contributed by atoms with Gasteiger partial charge in [-0.25, -0.2) is 12.8 Å². The second-order valence-electron chi connectivity index (χ2n) is 3.98. The summed E-state index contributed by atoms with van der Waals surface area (Å²) in [5.74, 6) is -0.668. The van der Waals surface area contributed by atoms with E-state index in [0.29, 0.717) is 0 Å². The standard InChI is InChI=1S/C12H11FN2O3S/c1-8-2-4-10(13)11(6-8)15-19(17,18)9-3-5-12(16)14-7-9/h2-7,15H,1H3,(H,14,16). The number of hydrogen-bond donors (Lipinski definition) is 2. The molecular formula is C12H11FN2O3S. The fraction of sp³-hybridized carbons (Fsp3) is 0.0833. The van der Waals surface area contributed by atoms with Gasteiger partial charge in [-0.3, -0.25) is 9.52 Å². The highest BCUT2D eigenvalue weighted by Gasteiger charge is 2.16. The van der Waals surface area contributed by atoms with Crippen LogP contribution in [-0.4, -0.2) is 13.4 Å². The molecule has 0 saturated heterocycles. The van der Waals surface area contributed by atoms with E-state index in [2.05, 4.69) is 9.71 Å². The number of hydrogen-bond acceptors (Lipinski definition) is 3. The average molecular weight is 282 g/mol. The third kappa shape index (κ3) is 3.00. The molecule has 0 radical (unpaired) electrons. The number of halogens is 1. The summed E-state index contributed by atoms with van der Waals surface area (Å²) in [6.45, 7) is 1.72. The summed E-state index contributed by atoms with van der Waals surface area (Å²) in [6.07, 6.45) is 1.05. The van der Waals surface area contributed by atoms with Gasteiger partial charge in [0.2, 0.25) is 5.56 Å². The normalized spacial score (nSPS) is 11.3. The molecule has 2 N–H and O–H groups in total. The SMILES string of the molecule is Cc1ccc(F)c(NS(=O)(=O)c2ccc(=O)[nH]c2)c1. The second-order valence-corrected chi connectivity index (χ2v) is 5.66. The van der Waals surface area contributed by atoms with Gasteiger partial charge in [0.25, 0.3) is 10.0 Å². The predicted molar refractivity (Wildman–Crippen MR) is 69.0 cm³/mol. The van der Waals surface area contributed by atoms with Crippen LogP contribution in [0.2, 0.25) is 0 Å². The lowest BCUT2D eigenvalue weighted by molar-refractivity contribution is 0.598. The minimum absolute atomic E-state index is 0.133. The lowest BCUT2D eigenvalue weighted by Crippen LogP contribution is -2.16. The van der Waals surface area contributed by atoms with E-state index in [4.69, 9.17) is 0 Å². The Hall–Kier alpha value is -2.15. The fourth-order valence-corrected chi connectivity index (χ4v) is 2.51. The number of aromatic nitrogens is 1. The molecule has 0 aliphatic heterocycles. The van der Waals surface area contributed by atoms with Crippen molar-refractivity contribution in [2.24, 2.45) is 0 Å². The molecule has 2 aromatic rings. The van der Waals surface area contributed by atoms with Gasteiger partial charge in [-0.05, 0) is 30.7 Å². The minimum atomic E-state index is -3.93. The minimum Gasteiger partial charge on any atom is -0.328 e. The van der Waals surface area contributed by atoms with Crippen molar-refractivity contribution < 1.29 is 12.8 Å². The van der Waals surface area contributed by atoms with Crippen LogP contribution in [0.1, 0.15) is 5.56 Å². The first kappa shape index (κ1) is 13.3. The van der Waals surface area contributed by atoms with Gasteiger partial charge in [-0.1, -0.05) is 6.07 Å². The van der Waals surface area contributed by atoms with E-state index in [1.807, 2.05) is 0 Å². The van der Waals surface area contributed by atoms with Crippen molar-refractivity contribution in [1.82, 2.24) is 4.98 Å². The molecule has 1 aromatic heterocycles. The first-order valence-corrected chi connectivity index (χ1v) is 6.84. The molecule has 5 nitrogen and oxygen atoms in total. The van der Waals surface area contributed by atoms with Gasteiger partial charge in [-0.2, -0.15) is 0 Å². The number of aryl methyl sites for hydroxylation is 1. The Morgan fingerprint density at radius 3 is 2.58 bits per heavy atom. The zero-order valence-corrected chi connectivity index (χ0v) is 10.8. The topological polar surface area (TPSA) is 79.0 Å². The highest BCUT2D eigenvalue weighted by Crippen LogP contribution is 2.19. The van der Waals surface area contributed by atoms with Crippen LogP contribution < -0.4 is 10.3 Å². The maximum atomic E-state index is 13.5. The Bertz CT molecular complexity index is 748. The van der Waals surface area contributed by atoms with Gasteiger partial charge in [0.05, 0.1) is 5.69 Å². The van der Waals surface area contributed by atoms with E-state index in [1.54, 1.807) is 6.92 Å². The summed E-state index contributed by atoms with van der Waals surface area (Å²) < 4.78 is 39.6. The van der Waals surface area contributed by atoms with Gasteiger partial charge in [0.1, 0.15) is 10.7 Å². The lowest BCUT2D eigenvalue weighted by Gasteiger charge is -2.09. The number of anilines is 1. The number of H-pyrrole nitrogens is 1. The van der Waals surface area contributed by atoms with Crippen molar-refractivity contribution in [2.45, 2.75) is 11.8 Å². The van der Waals surface area contributed by atoms with Gasteiger partial charge >= 0.3 is 0 Å². The molecule has 0 bridgehead atoms. The Morgan fingerprint density at radius 2 is 1.95 bits per heavy atom. The second kappa shape index (κ2) is 4.85. The first-order chi connectivity index (χ1) is 8.88. The van der Waals surface area contributed by atoms with Crippen molar-refractivity contribution in [1.29, 1.82) is 0 Å². The van der Waals surface area contributed by atoms with Gasteiger partial charge in [0, 0.05) is 12.3 Å². The predicted octanol–water partition coefficient (Wildman–Crippen LogP) is 1.62. The number of benzene rings is 1. The lowest BCUT2D eigenvalue weighted by atomic mass is 10.2. The zero-order valence-electron chi connectivity index (χ0n) is 9.98. The highest BCUT2D eigenvalue weighted by atomic mass is 32.2. The molecule has 0 spiro atoms. The summed E-state index contributed by atoms with van der Waals surface area (Å²) >= 11 is 0. The van der Waals surface area contributed by atoms with Crippen LogP contribution in [0.3, 0.4) is 0 Å². The summed E-state index contributed by atoms with van der Waals surface area (Å²) in [4.78, 5) is 13.0. The Balaban J connectivity index is 2.39. The van der Waals surface area contributed by atoms with Crippen LogP contribution in [0.5, 0.6) is 0 Å². The quantitative estimate of drug-likeness (QED) is 0.898. The van der Waals surface area contributed by atoms with E-state index in [0.717, 1.165) is 23.9 Å². The zero-order chi connectivity index (χ0) is 14.0. The van der Waals surface area contributed by atoms with Crippen LogP contribution in [0, 0.1) is 12.7 Å². The van der Waals surface area contributed by atoms with Crippen LogP contribution in [0.4, 0.5) is 10.1 Å². The number of aromatic amines is 1. The molecule has 0 fully saturated rings. The molecule has 0 aliphatic rings. The summed E-state index contributed by atoms with van der Waals surface area (Å²) in [5.41, 5.74) is 0.174. The van der Waals surface area contributed by atoms with Crippen LogP contribution >= 0.6 is 0 Å². The number of sulfonamides is 1. The van der Waals surface area contributed by atoms with Crippen LogP contribution in [0.25, 0.3) is 0 Å². The van der Waals surface area contributed by atoms with E-state index < -0.39 is 21.4 Å². The van der Waals surface area contributed by atoms with Crippen molar-refractivity contribution in [3.8, 4) is 0 Å². The third-order valence-electron chi connectivity index (χ3n) is 2.43. The molecule has 1 aromatic carbocycles. The molecule has 19 heavy (non-hydrogen) atoms. The number of rotatable bonds is 3. The van der Waals surface area contributed by atoms with E-state index in [1.165, 1.54) is 18.2 Å². The summed E-state index contributed by atoms with van der Waals surface area (Å²) in [5, 5.41) is 0. The van der Waals surface area contributed by atoms with Gasteiger partial charge < -0.3 is 4.98 Å². The fourth-order valence-electron chi connectivity index (χ4n) is 1.48. The molecule has 1 heterocycles. The maximum Gasteiger partial charge on any atom is 0.263 e. The van der Waals surface area contributed by atoms with Crippen LogP contribution in [0.15, 0.2) is 46.2 Å². The Morgan fingerprint density at radius 1 is 1.21 bits per heavy atom. The highest BCUT2D eigenvalue weighted by molar-refractivity contribution is 7.92. The number of pyridine rings is 1. The van der Waals surface area contributed by atoms with Gasteiger partial charge in [-0.15, -0.1) is 0 Å². The van der Waals surface area contributed by atoms with E-state index in [-0.39, 0.29) is 10.6 Å².